The van der Waals surface area contributed by atoms with Gasteiger partial charge in [0.25, 0.3) is 0 Å². The molecular formula is C14H10O4. The highest BCUT2D eigenvalue weighted by molar-refractivity contribution is 5.80. The van der Waals surface area contributed by atoms with E-state index in [0.29, 0.717) is 23.3 Å². The molecule has 0 aliphatic rings. The van der Waals surface area contributed by atoms with Crippen LogP contribution in [0.25, 0.3) is 0 Å². The first-order chi connectivity index (χ1) is 8.72. The van der Waals surface area contributed by atoms with E-state index in [9.17, 15) is 14.7 Å². The zero-order valence-corrected chi connectivity index (χ0v) is 9.37. The van der Waals surface area contributed by atoms with Gasteiger partial charge in [-0.1, -0.05) is 0 Å². The van der Waals surface area contributed by atoms with E-state index in [-0.39, 0.29) is 11.3 Å². The van der Waals surface area contributed by atoms with Crippen LogP contribution in [0.3, 0.4) is 0 Å². The van der Waals surface area contributed by atoms with Crippen molar-refractivity contribution in [1.29, 1.82) is 0 Å². The van der Waals surface area contributed by atoms with Gasteiger partial charge in [0.2, 0.25) is 0 Å². The zero-order chi connectivity index (χ0) is 13.0. The van der Waals surface area contributed by atoms with Gasteiger partial charge in [-0.25, -0.2) is 0 Å². The van der Waals surface area contributed by atoms with Crippen molar-refractivity contribution in [2.45, 2.75) is 0 Å². The van der Waals surface area contributed by atoms with Crippen molar-refractivity contribution in [2.75, 3.05) is 0 Å². The van der Waals surface area contributed by atoms with Crippen molar-refractivity contribution >= 4 is 12.6 Å². The molecule has 0 heterocycles. The molecule has 0 fully saturated rings. The van der Waals surface area contributed by atoms with Crippen LogP contribution >= 0.6 is 0 Å². The van der Waals surface area contributed by atoms with Crippen LogP contribution in [0.4, 0.5) is 0 Å². The van der Waals surface area contributed by atoms with Gasteiger partial charge in [0, 0.05) is 5.56 Å². The molecule has 2 aromatic carbocycles. The van der Waals surface area contributed by atoms with E-state index >= 15 is 0 Å². The molecule has 0 amide bonds. The summed E-state index contributed by atoms with van der Waals surface area (Å²) in [4.78, 5) is 21.2. The monoisotopic (exact) mass is 242 g/mol. The van der Waals surface area contributed by atoms with Crippen LogP contribution in [0, 0.1) is 0 Å². The summed E-state index contributed by atoms with van der Waals surface area (Å²) < 4.78 is 5.49. The topological polar surface area (TPSA) is 63.6 Å². The first-order valence-electron chi connectivity index (χ1n) is 5.24. The molecule has 2 rings (SSSR count). The number of hydrogen-bond donors (Lipinski definition) is 1. The van der Waals surface area contributed by atoms with Gasteiger partial charge >= 0.3 is 0 Å². The summed E-state index contributed by atoms with van der Waals surface area (Å²) in [5, 5.41) is 9.34. The maximum absolute atomic E-state index is 10.7. The lowest BCUT2D eigenvalue weighted by molar-refractivity contribution is 0.111. The minimum atomic E-state index is -0.0892. The summed E-state index contributed by atoms with van der Waals surface area (Å²) in [7, 11) is 0. The predicted octanol–water partition coefficient (Wildman–Crippen LogP) is 2.81. The minimum absolute atomic E-state index is 0.0892. The third-order valence-corrected chi connectivity index (χ3v) is 2.38. The van der Waals surface area contributed by atoms with E-state index in [0.717, 1.165) is 6.29 Å². The van der Waals surface area contributed by atoms with Gasteiger partial charge in [-0.15, -0.1) is 0 Å². The summed E-state index contributed by atoms with van der Waals surface area (Å²) >= 11 is 0. The Kier molecular flexibility index (Phi) is 3.38. The van der Waals surface area contributed by atoms with E-state index in [2.05, 4.69) is 0 Å². The molecule has 0 bridgehead atoms. The number of benzene rings is 2. The first kappa shape index (κ1) is 11.9. The number of ether oxygens (including phenoxy) is 1. The van der Waals surface area contributed by atoms with E-state index in [1.807, 2.05) is 0 Å². The second kappa shape index (κ2) is 5.14. The predicted molar refractivity (Wildman–Crippen MR) is 65.4 cm³/mol. The first-order valence-corrected chi connectivity index (χ1v) is 5.24. The van der Waals surface area contributed by atoms with Crippen LogP contribution in [0.15, 0.2) is 42.5 Å². The lowest BCUT2D eigenvalue weighted by Crippen LogP contribution is -1.88. The van der Waals surface area contributed by atoms with Crippen LogP contribution in [0.5, 0.6) is 17.2 Å². The molecule has 0 spiro atoms. The van der Waals surface area contributed by atoms with Crippen LogP contribution in [-0.2, 0) is 0 Å². The van der Waals surface area contributed by atoms with Crippen molar-refractivity contribution in [1.82, 2.24) is 0 Å². The molecule has 0 aromatic heterocycles. The van der Waals surface area contributed by atoms with Crippen molar-refractivity contribution in [3.63, 3.8) is 0 Å². The van der Waals surface area contributed by atoms with E-state index in [1.54, 1.807) is 30.3 Å². The lowest BCUT2D eigenvalue weighted by Gasteiger charge is -2.06. The summed E-state index contributed by atoms with van der Waals surface area (Å²) in [6.07, 6.45) is 1.30. The molecule has 90 valence electrons. The SMILES string of the molecule is O=Cc1ccc(Oc2ccc(O)c(C=O)c2)cc1. The number of phenols is 1. The highest BCUT2D eigenvalue weighted by Crippen LogP contribution is 2.26. The fourth-order valence-corrected chi connectivity index (χ4v) is 1.44. The molecule has 18 heavy (non-hydrogen) atoms. The molecule has 1 N–H and O–H groups in total. The standard InChI is InChI=1S/C14H10O4/c15-8-10-1-3-12(4-2-10)18-13-5-6-14(17)11(7-13)9-16/h1-9,17H. The highest BCUT2D eigenvalue weighted by atomic mass is 16.5. The smallest absolute Gasteiger partial charge is 0.153 e. The van der Waals surface area contributed by atoms with Crippen molar-refractivity contribution in [2.24, 2.45) is 0 Å². The average Bonchev–Trinajstić information content (AvgIpc) is 2.42. The molecule has 0 unspecified atom stereocenters. The normalized spacial score (nSPS) is 9.78. The lowest BCUT2D eigenvalue weighted by atomic mass is 10.2. The maximum Gasteiger partial charge on any atom is 0.153 e. The Balaban J connectivity index is 2.22. The van der Waals surface area contributed by atoms with Gasteiger partial charge in [-0.05, 0) is 42.5 Å². The van der Waals surface area contributed by atoms with Crippen LogP contribution < -0.4 is 4.74 Å². The number of aromatic hydroxyl groups is 1. The molecule has 4 heteroatoms. The maximum atomic E-state index is 10.7. The molecule has 0 aliphatic carbocycles. The van der Waals surface area contributed by atoms with Gasteiger partial charge in [0.15, 0.2) is 6.29 Å². The molecule has 4 nitrogen and oxygen atoms in total. The second-order valence-corrected chi connectivity index (χ2v) is 3.63. The molecular weight excluding hydrogens is 232 g/mol. The van der Waals surface area contributed by atoms with Gasteiger partial charge in [0.1, 0.15) is 23.5 Å². The van der Waals surface area contributed by atoms with Crippen LogP contribution in [-0.4, -0.2) is 17.7 Å². The van der Waals surface area contributed by atoms with E-state index in [1.165, 1.54) is 12.1 Å². The third-order valence-electron chi connectivity index (χ3n) is 2.38. The summed E-state index contributed by atoms with van der Waals surface area (Å²) in [6.45, 7) is 0. The minimum Gasteiger partial charge on any atom is -0.507 e. The van der Waals surface area contributed by atoms with Gasteiger partial charge < -0.3 is 9.84 Å². The largest absolute Gasteiger partial charge is 0.507 e. The summed E-state index contributed by atoms with van der Waals surface area (Å²) in [6, 6.07) is 10.9. The number of aldehydes is 2. The second-order valence-electron chi connectivity index (χ2n) is 3.63. The Hall–Kier alpha value is -2.62. The van der Waals surface area contributed by atoms with Crippen molar-refractivity contribution in [3.05, 3.63) is 53.6 Å². The Bertz CT molecular complexity index is 573. The summed E-state index contributed by atoms with van der Waals surface area (Å²) in [5.41, 5.74) is 0.721. The number of hydrogen-bond acceptors (Lipinski definition) is 4. The number of rotatable bonds is 4. The van der Waals surface area contributed by atoms with Gasteiger partial charge in [0.05, 0.1) is 5.56 Å². The molecule has 0 saturated heterocycles. The Labute approximate surface area is 103 Å². The van der Waals surface area contributed by atoms with Gasteiger partial charge in [-0.3, -0.25) is 9.59 Å². The van der Waals surface area contributed by atoms with E-state index < -0.39 is 0 Å². The fourth-order valence-electron chi connectivity index (χ4n) is 1.44. The van der Waals surface area contributed by atoms with E-state index in [4.69, 9.17) is 4.74 Å². The highest BCUT2D eigenvalue weighted by Gasteiger charge is 2.03. The Morgan fingerprint density at radius 1 is 0.889 bits per heavy atom. The van der Waals surface area contributed by atoms with Crippen molar-refractivity contribution < 1.29 is 19.4 Å². The van der Waals surface area contributed by atoms with Gasteiger partial charge in [-0.2, -0.15) is 0 Å². The summed E-state index contributed by atoms with van der Waals surface area (Å²) in [5.74, 6) is 0.894. The Morgan fingerprint density at radius 3 is 2.17 bits per heavy atom. The molecule has 2 aromatic rings. The van der Waals surface area contributed by atoms with Crippen molar-refractivity contribution in [3.8, 4) is 17.2 Å². The van der Waals surface area contributed by atoms with Crippen LogP contribution in [0.1, 0.15) is 20.7 Å². The number of carbonyl (C=O) groups excluding carboxylic acids is 2. The Morgan fingerprint density at radius 2 is 1.56 bits per heavy atom. The third kappa shape index (κ3) is 2.55. The molecule has 0 saturated carbocycles. The quantitative estimate of drug-likeness (QED) is 0.837. The fraction of sp³-hybridized carbons (Fsp3) is 0. The number of carbonyl (C=O) groups is 2. The molecule has 0 radical (unpaired) electrons. The molecule has 0 atom stereocenters. The average molecular weight is 242 g/mol. The molecule has 0 aliphatic heterocycles. The zero-order valence-electron chi connectivity index (χ0n) is 9.37. The van der Waals surface area contributed by atoms with Crippen LogP contribution in [0.2, 0.25) is 0 Å². The number of phenolic OH excluding ortho intramolecular Hbond substituents is 1.